The van der Waals surface area contributed by atoms with Gasteiger partial charge in [-0.3, -0.25) is 0 Å². The fraction of sp³-hybridized carbons (Fsp3) is 0.684. The first kappa shape index (κ1) is 14.9. The first-order valence-electron chi connectivity index (χ1n) is 8.87. The Hall–Kier alpha value is -1.02. The molecule has 0 aromatic heterocycles. The van der Waals surface area contributed by atoms with Crippen molar-refractivity contribution in [3.8, 4) is 0 Å². The van der Waals surface area contributed by atoms with Gasteiger partial charge >= 0.3 is 0 Å². The second kappa shape index (κ2) is 6.83. The smallest absolute Gasteiger partial charge is 0.0411 e. The highest BCUT2D eigenvalue weighted by Gasteiger charge is 2.31. The van der Waals surface area contributed by atoms with Crippen molar-refractivity contribution in [1.29, 1.82) is 0 Å². The molecule has 1 aromatic rings. The normalized spacial score (nSPS) is 21.1. The van der Waals surface area contributed by atoms with Crippen molar-refractivity contribution in [1.82, 2.24) is 5.32 Å². The molecule has 0 atom stereocenters. The SMILES string of the molecule is CCC1(CNCc2ccccc2N2CCCC2)CCCC1. The van der Waals surface area contributed by atoms with E-state index >= 15 is 0 Å². The van der Waals surface area contributed by atoms with Gasteiger partial charge in [-0.15, -0.1) is 0 Å². The van der Waals surface area contributed by atoms with E-state index in [9.17, 15) is 0 Å². The quantitative estimate of drug-likeness (QED) is 0.836. The Kier molecular flexibility index (Phi) is 4.84. The summed E-state index contributed by atoms with van der Waals surface area (Å²) in [5.41, 5.74) is 3.52. The van der Waals surface area contributed by atoms with Crippen molar-refractivity contribution >= 4 is 5.69 Å². The molecule has 0 spiro atoms. The summed E-state index contributed by atoms with van der Waals surface area (Å²) in [6.07, 6.45) is 9.73. The third kappa shape index (κ3) is 3.42. The van der Waals surface area contributed by atoms with Crippen LogP contribution in [0.2, 0.25) is 0 Å². The molecule has 0 unspecified atom stereocenters. The van der Waals surface area contributed by atoms with Crippen LogP contribution >= 0.6 is 0 Å². The van der Waals surface area contributed by atoms with Gasteiger partial charge in [-0.25, -0.2) is 0 Å². The molecule has 0 radical (unpaired) electrons. The number of nitrogens with one attached hydrogen (secondary N) is 1. The summed E-state index contributed by atoms with van der Waals surface area (Å²) < 4.78 is 0. The molecule has 0 amide bonds. The van der Waals surface area contributed by atoms with E-state index in [2.05, 4.69) is 41.4 Å². The molecule has 1 heterocycles. The Balaban J connectivity index is 1.60. The van der Waals surface area contributed by atoms with Gasteiger partial charge in [0.15, 0.2) is 0 Å². The van der Waals surface area contributed by atoms with Gasteiger partial charge in [0.25, 0.3) is 0 Å². The number of nitrogens with zero attached hydrogens (tertiary/aromatic N) is 1. The predicted molar refractivity (Wildman–Crippen MR) is 90.8 cm³/mol. The maximum atomic E-state index is 3.77. The average molecular weight is 286 g/mol. The van der Waals surface area contributed by atoms with Crippen LogP contribution in [0.4, 0.5) is 5.69 Å². The van der Waals surface area contributed by atoms with E-state index in [1.165, 1.54) is 75.8 Å². The Morgan fingerprint density at radius 3 is 2.48 bits per heavy atom. The van der Waals surface area contributed by atoms with Gasteiger partial charge in [-0.1, -0.05) is 38.0 Å². The lowest BCUT2D eigenvalue weighted by Crippen LogP contribution is -2.31. The lowest BCUT2D eigenvalue weighted by atomic mass is 9.83. The molecule has 2 nitrogen and oxygen atoms in total. The highest BCUT2D eigenvalue weighted by molar-refractivity contribution is 5.54. The van der Waals surface area contributed by atoms with Gasteiger partial charge in [-0.05, 0) is 49.1 Å². The molecule has 21 heavy (non-hydrogen) atoms. The van der Waals surface area contributed by atoms with Crippen molar-refractivity contribution in [2.24, 2.45) is 5.41 Å². The summed E-state index contributed by atoms with van der Waals surface area (Å²) in [6, 6.07) is 8.96. The van der Waals surface area contributed by atoms with Crippen molar-refractivity contribution in [2.45, 2.75) is 58.4 Å². The van der Waals surface area contributed by atoms with Crippen LogP contribution in [-0.2, 0) is 6.54 Å². The predicted octanol–water partition coefficient (Wildman–Crippen LogP) is 4.35. The Morgan fingerprint density at radius 2 is 1.76 bits per heavy atom. The first-order chi connectivity index (χ1) is 10.3. The zero-order valence-electron chi connectivity index (χ0n) is 13.5. The molecular weight excluding hydrogens is 256 g/mol. The van der Waals surface area contributed by atoms with Crippen LogP contribution in [0.15, 0.2) is 24.3 Å². The molecule has 1 N–H and O–H groups in total. The summed E-state index contributed by atoms with van der Waals surface area (Å²) in [4.78, 5) is 2.56. The number of para-hydroxylation sites is 1. The maximum Gasteiger partial charge on any atom is 0.0411 e. The third-order valence-corrected chi connectivity index (χ3v) is 5.67. The van der Waals surface area contributed by atoms with Crippen LogP contribution < -0.4 is 10.2 Å². The van der Waals surface area contributed by atoms with Crippen LogP contribution in [0, 0.1) is 5.41 Å². The summed E-state index contributed by atoms with van der Waals surface area (Å²) in [6.45, 7) is 7.04. The van der Waals surface area contributed by atoms with Crippen LogP contribution in [0.25, 0.3) is 0 Å². The lowest BCUT2D eigenvalue weighted by Gasteiger charge is -2.28. The Bertz CT molecular complexity index is 443. The second-order valence-electron chi connectivity index (χ2n) is 6.99. The highest BCUT2D eigenvalue weighted by Crippen LogP contribution is 2.40. The minimum atomic E-state index is 0.586. The van der Waals surface area contributed by atoms with Gasteiger partial charge in [-0.2, -0.15) is 0 Å². The minimum absolute atomic E-state index is 0.586. The van der Waals surface area contributed by atoms with Crippen LogP contribution in [-0.4, -0.2) is 19.6 Å². The van der Waals surface area contributed by atoms with Crippen molar-refractivity contribution in [3.05, 3.63) is 29.8 Å². The van der Waals surface area contributed by atoms with E-state index in [1.54, 1.807) is 0 Å². The molecule has 2 heteroatoms. The van der Waals surface area contributed by atoms with Gasteiger partial charge in [0.05, 0.1) is 0 Å². The molecular formula is C19H30N2. The molecule has 3 rings (SSSR count). The van der Waals surface area contributed by atoms with Gasteiger partial charge in [0.1, 0.15) is 0 Å². The second-order valence-corrected chi connectivity index (χ2v) is 6.99. The summed E-state index contributed by atoms with van der Waals surface area (Å²) in [5.74, 6) is 0. The van der Waals surface area contributed by atoms with Crippen molar-refractivity contribution in [2.75, 3.05) is 24.5 Å². The fourth-order valence-electron chi connectivity index (χ4n) is 4.17. The van der Waals surface area contributed by atoms with Crippen LogP contribution in [0.5, 0.6) is 0 Å². The van der Waals surface area contributed by atoms with Gasteiger partial charge in [0.2, 0.25) is 0 Å². The number of anilines is 1. The molecule has 1 saturated carbocycles. The van der Waals surface area contributed by atoms with E-state index in [4.69, 9.17) is 0 Å². The van der Waals surface area contributed by atoms with E-state index < -0.39 is 0 Å². The molecule has 0 bridgehead atoms. The number of hydrogen-bond acceptors (Lipinski definition) is 2. The minimum Gasteiger partial charge on any atom is -0.371 e. The zero-order valence-corrected chi connectivity index (χ0v) is 13.5. The zero-order chi connectivity index (χ0) is 14.5. The largest absolute Gasteiger partial charge is 0.371 e. The highest BCUT2D eigenvalue weighted by atomic mass is 15.1. The Labute approximate surface area is 129 Å². The molecule has 1 aliphatic carbocycles. The molecule has 1 aliphatic heterocycles. The molecule has 2 aliphatic rings. The summed E-state index contributed by atoms with van der Waals surface area (Å²) in [5, 5.41) is 3.77. The van der Waals surface area contributed by atoms with E-state index in [0.717, 1.165) is 6.54 Å². The third-order valence-electron chi connectivity index (χ3n) is 5.67. The van der Waals surface area contributed by atoms with Crippen molar-refractivity contribution < 1.29 is 0 Å². The van der Waals surface area contributed by atoms with Crippen molar-refractivity contribution in [3.63, 3.8) is 0 Å². The first-order valence-corrected chi connectivity index (χ1v) is 8.87. The van der Waals surface area contributed by atoms with E-state index in [0.29, 0.717) is 5.41 Å². The van der Waals surface area contributed by atoms with Gasteiger partial charge in [0, 0.05) is 31.9 Å². The molecule has 2 fully saturated rings. The number of benzene rings is 1. The lowest BCUT2D eigenvalue weighted by molar-refractivity contribution is 0.268. The molecule has 116 valence electrons. The summed E-state index contributed by atoms with van der Waals surface area (Å²) in [7, 11) is 0. The topological polar surface area (TPSA) is 15.3 Å². The van der Waals surface area contributed by atoms with Gasteiger partial charge < -0.3 is 10.2 Å². The standard InChI is InChI=1S/C19H30N2/c1-2-19(11-5-6-12-19)16-20-15-17-9-3-4-10-18(17)21-13-7-8-14-21/h3-4,9-10,20H,2,5-8,11-16H2,1H3. The number of rotatable bonds is 6. The Morgan fingerprint density at radius 1 is 1.05 bits per heavy atom. The van der Waals surface area contributed by atoms with E-state index in [1.807, 2.05) is 0 Å². The maximum absolute atomic E-state index is 3.77. The average Bonchev–Trinajstić information content (AvgIpc) is 3.20. The fourth-order valence-corrected chi connectivity index (χ4v) is 4.17. The molecule has 1 aromatic carbocycles. The van der Waals surface area contributed by atoms with Crippen LogP contribution in [0.1, 0.15) is 57.4 Å². The summed E-state index contributed by atoms with van der Waals surface area (Å²) >= 11 is 0. The van der Waals surface area contributed by atoms with E-state index in [-0.39, 0.29) is 0 Å². The number of hydrogen-bond donors (Lipinski definition) is 1. The molecule has 1 saturated heterocycles. The van der Waals surface area contributed by atoms with Crippen LogP contribution in [0.3, 0.4) is 0 Å². The monoisotopic (exact) mass is 286 g/mol.